The van der Waals surface area contributed by atoms with E-state index < -0.39 is 17.7 Å². The van der Waals surface area contributed by atoms with Crippen molar-refractivity contribution in [2.24, 2.45) is 5.73 Å². The van der Waals surface area contributed by atoms with E-state index in [4.69, 9.17) is 30.4 Å². The Kier molecular flexibility index (Phi) is 7.24. The molecule has 5 aromatic rings. The summed E-state index contributed by atoms with van der Waals surface area (Å²) in [4.78, 5) is 13.3. The van der Waals surface area contributed by atoms with Crippen LogP contribution in [0.1, 0.15) is 0 Å². The number of hydrogen-bond acceptors (Lipinski definition) is 9. The Morgan fingerprint density at radius 3 is 2.28 bits per heavy atom. The molecule has 4 N–H and O–H groups in total. The Labute approximate surface area is 222 Å². The maximum absolute atomic E-state index is 13.4. The minimum Gasteiger partial charge on any atom is -0.493 e. The molecule has 0 aliphatic heterocycles. The average Bonchev–Trinajstić information content (AvgIpc) is 2.95. The monoisotopic (exact) mass is 533 g/mol. The number of anilines is 1. The van der Waals surface area contributed by atoms with Gasteiger partial charge in [0.25, 0.3) is 0 Å². The molecule has 39 heavy (non-hydrogen) atoms. The molecule has 0 bridgehead atoms. The minimum atomic E-state index is -0.994. The maximum atomic E-state index is 13.4. The predicted molar refractivity (Wildman–Crippen MR) is 143 cm³/mol. The largest absolute Gasteiger partial charge is 0.493 e. The maximum Gasteiger partial charge on any atom is 0.162 e. The highest BCUT2D eigenvalue weighted by Gasteiger charge is 2.14. The zero-order valence-corrected chi connectivity index (χ0v) is 21.2. The number of pyridine rings is 3. The molecule has 0 unspecified atom stereocenters. The summed E-state index contributed by atoms with van der Waals surface area (Å²) in [7, 11) is 3.14. The van der Waals surface area contributed by atoms with Crippen molar-refractivity contribution in [3.63, 3.8) is 0 Å². The number of aromatic nitrogens is 3. The fraction of sp³-hybridized carbons (Fsp3) is 0.179. The average molecular weight is 534 g/mol. The first-order valence-electron chi connectivity index (χ1n) is 11.9. The van der Waals surface area contributed by atoms with Crippen LogP contribution in [0.3, 0.4) is 0 Å². The Hall–Kier alpha value is -4.77. The van der Waals surface area contributed by atoms with E-state index in [1.165, 1.54) is 6.07 Å². The van der Waals surface area contributed by atoms with E-state index >= 15 is 0 Å². The lowest BCUT2D eigenvalue weighted by molar-refractivity contribution is 0.219. The summed E-state index contributed by atoms with van der Waals surface area (Å²) in [6.07, 6.45) is 4.88. The molecule has 2 aromatic carbocycles. The second-order valence-corrected chi connectivity index (χ2v) is 8.70. The number of nitrogen functional groups attached to an aromatic ring is 1. The molecule has 0 aliphatic carbocycles. The zero-order chi connectivity index (χ0) is 27.5. The van der Waals surface area contributed by atoms with Gasteiger partial charge in [-0.1, -0.05) is 0 Å². The highest BCUT2D eigenvalue weighted by atomic mass is 19.2. The fourth-order valence-electron chi connectivity index (χ4n) is 4.07. The van der Waals surface area contributed by atoms with Gasteiger partial charge in [-0.3, -0.25) is 9.97 Å². The molecule has 0 spiro atoms. The molecule has 3 heterocycles. The van der Waals surface area contributed by atoms with Crippen LogP contribution in [0.2, 0.25) is 0 Å². The fourth-order valence-corrected chi connectivity index (χ4v) is 4.07. The first-order valence-corrected chi connectivity index (χ1v) is 11.9. The highest BCUT2D eigenvalue weighted by Crippen LogP contribution is 2.37. The topological polar surface area (TPSA) is 128 Å². The molecular weight excluding hydrogens is 508 g/mol. The third kappa shape index (κ3) is 5.43. The quantitative estimate of drug-likeness (QED) is 0.263. The third-order valence-electron chi connectivity index (χ3n) is 6.04. The van der Waals surface area contributed by atoms with E-state index in [-0.39, 0.29) is 19.0 Å². The number of hydrogen-bond donors (Lipinski definition) is 2. The van der Waals surface area contributed by atoms with Crippen LogP contribution in [0.4, 0.5) is 14.6 Å². The van der Waals surface area contributed by atoms with Crippen LogP contribution >= 0.6 is 0 Å². The van der Waals surface area contributed by atoms with Gasteiger partial charge >= 0.3 is 0 Å². The van der Waals surface area contributed by atoms with Crippen LogP contribution in [-0.4, -0.2) is 48.4 Å². The first kappa shape index (κ1) is 25.9. The summed E-state index contributed by atoms with van der Waals surface area (Å²) in [5.74, 6) is 0.143. The van der Waals surface area contributed by atoms with Crippen molar-refractivity contribution in [1.29, 1.82) is 0 Å². The van der Waals surface area contributed by atoms with Gasteiger partial charge in [-0.2, -0.15) is 0 Å². The number of halogens is 2. The smallest absolute Gasteiger partial charge is 0.162 e. The lowest BCUT2D eigenvalue weighted by atomic mass is 10.0. The van der Waals surface area contributed by atoms with Crippen molar-refractivity contribution in [3.8, 4) is 34.3 Å². The standard InChI is InChI=1S/C28H25F2N5O4/c1-36-26-8-20-19-7-24(35-28(32)21(19)12-34-25(20)9-27(26)37-2)15-5-18(11-33-10-15)39-14-16(31)13-38-17-3-4-22(29)23(30)6-17/h3-12,16H,13-14,31H2,1-2H3,(H2,32,35)/t16-/m1/s1. The van der Waals surface area contributed by atoms with Crippen LogP contribution < -0.4 is 30.4 Å². The summed E-state index contributed by atoms with van der Waals surface area (Å²) in [6.45, 7) is 0.135. The Morgan fingerprint density at radius 1 is 0.795 bits per heavy atom. The first-order chi connectivity index (χ1) is 18.9. The summed E-state index contributed by atoms with van der Waals surface area (Å²) < 4.78 is 48.6. The van der Waals surface area contributed by atoms with Gasteiger partial charge in [0.1, 0.15) is 30.5 Å². The van der Waals surface area contributed by atoms with Crippen LogP contribution in [0.15, 0.2) is 61.1 Å². The van der Waals surface area contributed by atoms with Gasteiger partial charge in [0.05, 0.1) is 37.7 Å². The number of nitrogens with zero attached hydrogens (tertiary/aromatic N) is 3. The number of rotatable bonds is 9. The Balaban J connectivity index is 1.36. The van der Waals surface area contributed by atoms with E-state index in [1.807, 2.05) is 12.1 Å². The predicted octanol–water partition coefficient (Wildman–Crippen LogP) is 4.51. The molecule has 1 atom stereocenters. The van der Waals surface area contributed by atoms with E-state index in [2.05, 4.69) is 15.0 Å². The van der Waals surface area contributed by atoms with E-state index in [1.54, 1.807) is 44.9 Å². The highest BCUT2D eigenvalue weighted by molar-refractivity contribution is 6.10. The van der Waals surface area contributed by atoms with Crippen LogP contribution in [0.5, 0.6) is 23.0 Å². The van der Waals surface area contributed by atoms with Gasteiger partial charge < -0.3 is 30.4 Å². The van der Waals surface area contributed by atoms with Gasteiger partial charge in [0.2, 0.25) is 0 Å². The number of methoxy groups -OCH3 is 2. The van der Waals surface area contributed by atoms with E-state index in [0.717, 1.165) is 22.9 Å². The van der Waals surface area contributed by atoms with Crippen molar-refractivity contribution in [3.05, 3.63) is 72.7 Å². The van der Waals surface area contributed by atoms with Gasteiger partial charge in [0.15, 0.2) is 23.1 Å². The Morgan fingerprint density at radius 2 is 1.54 bits per heavy atom. The van der Waals surface area contributed by atoms with Crippen molar-refractivity contribution in [2.45, 2.75) is 6.04 Å². The van der Waals surface area contributed by atoms with Crippen LogP contribution in [0, 0.1) is 11.6 Å². The molecule has 0 aliphatic rings. The third-order valence-corrected chi connectivity index (χ3v) is 6.04. The number of nitrogens with two attached hydrogens (primary N) is 2. The van der Waals surface area contributed by atoms with Crippen LogP contribution in [-0.2, 0) is 0 Å². The normalized spacial score (nSPS) is 11.9. The van der Waals surface area contributed by atoms with E-state index in [0.29, 0.717) is 45.2 Å². The second-order valence-electron chi connectivity index (χ2n) is 8.70. The molecule has 0 radical (unpaired) electrons. The summed E-state index contributed by atoms with van der Waals surface area (Å²) >= 11 is 0. The van der Waals surface area contributed by atoms with E-state index in [9.17, 15) is 8.78 Å². The SMILES string of the molecule is COc1cc2ncc3c(N)nc(-c4cncc(OC[C@H](N)COc5ccc(F)c(F)c5)c4)cc3c2cc1OC. The molecule has 9 nitrogen and oxygen atoms in total. The number of fused-ring (bicyclic) bond motifs is 3. The van der Waals surface area contributed by atoms with Crippen molar-refractivity contribution < 1.29 is 27.7 Å². The molecule has 0 saturated carbocycles. The minimum absolute atomic E-state index is 0.0380. The number of benzene rings is 2. The van der Waals surface area contributed by atoms with Crippen molar-refractivity contribution >= 4 is 27.5 Å². The molecule has 0 amide bonds. The van der Waals surface area contributed by atoms with Gasteiger partial charge in [0, 0.05) is 40.9 Å². The summed E-state index contributed by atoms with van der Waals surface area (Å²) in [6, 6.07) is 10.1. The summed E-state index contributed by atoms with van der Waals surface area (Å²) in [5.41, 5.74) is 14.4. The van der Waals surface area contributed by atoms with Gasteiger partial charge in [-0.05, 0) is 35.7 Å². The van der Waals surface area contributed by atoms with Crippen molar-refractivity contribution in [1.82, 2.24) is 15.0 Å². The molecule has 0 saturated heterocycles. The second kappa shape index (κ2) is 10.9. The number of ether oxygens (including phenoxy) is 4. The van der Waals surface area contributed by atoms with Crippen molar-refractivity contribution in [2.75, 3.05) is 33.2 Å². The van der Waals surface area contributed by atoms with Gasteiger partial charge in [-0.15, -0.1) is 0 Å². The molecule has 11 heteroatoms. The van der Waals surface area contributed by atoms with Crippen LogP contribution in [0.25, 0.3) is 32.9 Å². The van der Waals surface area contributed by atoms with Gasteiger partial charge in [-0.25, -0.2) is 13.8 Å². The lowest BCUT2D eigenvalue weighted by Gasteiger charge is -2.15. The molecule has 3 aromatic heterocycles. The zero-order valence-electron chi connectivity index (χ0n) is 21.2. The summed E-state index contributed by atoms with van der Waals surface area (Å²) in [5, 5.41) is 2.37. The molecular formula is C28H25F2N5O4. The lowest BCUT2D eigenvalue weighted by Crippen LogP contribution is -2.34. The Bertz CT molecular complexity index is 1670. The molecule has 0 fully saturated rings. The molecule has 200 valence electrons. The molecule has 5 rings (SSSR count).